The van der Waals surface area contributed by atoms with Gasteiger partial charge in [0.15, 0.2) is 0 Å². The van der Waals surface area contributed by atoms with Gasteiger partial charge < -0.3 is 10.4 Å². The van der Waals surface area contributed by atoms with Crippen molar-refractivity contribution in [3.8, 4) is 0 Å². The van der Waals surface area contributed by atoms with Crippen LogP contribution in [-0.2, 0) is 0 Å². The van der Waals surface area contributed by atoms with Crippen molar-refractivity contribution in [2.75, 3.05) is 13.1 Å². The van der Waals surface area contributed by atoms with Crippen LogP contribution >= 0.6 is 0 Å². The van der Waals surface area contributed by atoms with Crippen LogP contribution in [0.5, 0.6) is 0 Å². The fraction of sp³-hybridized carbons (Fsp3) is 0.909. The summed E-state index contributed by atoms with van der Waals surface area (Å²) in [6.07, 6.45) is 0.230. The Balaban J connectivity index is 2.83. The predicted octanol–water partition coefficient (Wildman–Crippen LogP) is 1.76. The summed E-state index contributed by atoms with van der Waals surface area (Å²) in [6, 6.07) is 0.0937. The van der Waals surface area contributed by atoms with Crippen molar-refractivity contribution in [2.24, 2.45) is 5.92 Å². The molecule has 0 radical (unpaired) electrons. The van der Waals surface area contributed by atoms with Gasteiger partial charge in [-0.15, -0.1) is 0 Å². The van der Waals surface area contributed by atoms with Crippen molar-refractivity contribution in [3.63, 3.8) is 0 Å². The first-order valence-corrected chi connectivity index (χ1v) is 5.57. The highest BCUT2D eigenvalue weighted by Crippen LogP contribution is 2.25. The summed E-state index contributed by atoms with van der Waals surface area (Å²) in [5.74, 6) is 0.432. The second kappa shape index (κ2) is 4.39. The molecule has 0 bridgehead atoms. The molecule has 0 spiro atoms. The standard InChI is InChI=1S/C11H22N2O2/c1-8-5-6-12-7-9(8)13(10(14)15)11(2,3)4/h8-9,12H,5-7H2,1-4H3,(H,14,15)/t8-,9-/m0/s1. The Morgan fingerprint density at radius 3 is 2.47 bits per heavy atom. The van der Waals surface area contributed by atoms with E-state index in [0.717, 1.165) is 19.5 Å². The van der Waals surface area contributed by atoms with Crippen LogP contribution in [0.1, 0.15) is 34.1 Å². The minimum Gasteiger partial charge on any atom is -0.465 e. The molecule has 0 aromatic rings. The van der Waals surface area contributed by atoms with Crippen molar-refractivity contribution >= 4 is 6.09 Å². The van der Waals surface area contributed by atoms with Crippen LogP contribution in [-0.4, -0.2) is 40.8 Å². The molecular formula is C11H22N2O2. The van der Waals surface area contributed by atoms with Crippen LogP contribution in [0.15, 0.2) is 0 Å². The van der Waals surface area contributed by atoms with Crippen LogP contribution in [0.3, 0.4) is 0 Å². The summed E-state index contributed by atoms with van der Waals surface area (Å²) in [6.45, 7) is 9.74. The van der Waals surface area contributed by atoms with Gasteiger partial charge in [-0.1, -0.05) is 6.92 Å². The van der Waals surface area contributed by atoms with Gasteiger partial charge in [0.25, 0.3) is 0 Å². The number of rotatable bonds is 1. The van der Waals surface area contributed by atoms with Gasteiger partial charge in [-0.2, -0.15) is 0 Å². The van der Waals surface area contributed by atoms with Crippen LogP contribution in [0.4, 0.5) is 4.79 Å². The van der Waals surface area contributed by atoms with E-state index in [2.05, 4.69) is 12.2 Å². The third-order valence-electron chi connectivity index (χ3n) is 3.05. The van der Waals surface area contributed by atoms with Crippen LogP contribution in [0.25, 0.3) is 0 Å². The summed E-state index contributed by atoms with van der Waals surface area (Å²) in [5.41, 5.74) is -0.330. The minimum absolute atomic E-state index is 0.0937. The highest BCUT2D eigenvalue weighted by Gasteiger charge is 2.36. The van der Waals surface area contributed by atoms with Gasteiger partial charge in [-0.3, -0.25) is 4.90 Å². The number of piperidine rings is 1. The Morgan fingerprint density at radius 1 is 1.47 bits per heavy atom. The number of amides is 1. The monoisotopic (exact) mass is 214 g/mol. The fourth-order valence-corrected chi connectivity index (χ4v) is 2.25. The summed E-state index contributed by atoms with van der Waals surface area (Å²) in [7, 11) is 0. The zero-order valence-electron chi connectivity index (χ0n) is 10.1. The number of hydrogen-bond acceptors (Lipinski definition) is 2. The second-order valence-electron chi connectivity index (χ2n) is 5.36. The lowest BCUT2D eigenvalue weighted by molar-refractivity contribution is 0.0422. The normalized spacial score (nSPS) is 27.5. The second-order valence-corrected chi connectivity index (χ2v) is 5.36. The quantitative estimate of drug-likeness (QED) is 0.699. The number of nitrogens with one attached hydrogen (secondary N) is 1. The van der Waals surface area contributed by atoms with E-state index in [0.29, 0.717) is 5.92 Å². The Kier molecular flexibility index (Phi) is 3.60. The molecule has 1 rings (SSSR count). The van der Waals surface area contributed by atoms with Crippen molar-refractivity contribution in [3.05, 3.63) is 0 Å². The van der Waals surface area contributed by atoms with Crippen LogP contribution in [0, 0.1) is 5.92 Å². The van der Waals surface area contributed by atoms with Gasteiger partial charge in [0, 0.05) is 12.1 Å². The Morgan fingerprint density at radius 2 is 2.07 bits per heavy atom. The van der Waals surface area contributed by atoms with Crippen molar-refractivity contribution in [2.45, 2.75) is 45.7 Å². The Bertz CT molecular complexity index is 235. The van der Waals surface area contributed by atoms with Crippen LogP contribution in [0.2, 0.25) is 0 Å². The Labute approximate surface area is 91.6 Å². The SMILES string of the molecule is C[C@H]1CCNC[C@@H]1N(C(=O)O)C(C)(C)C. The molecule has 0 saturated carbocycles. The molecule has 1 amide bonds. The highest BCUT2D eigenvalue weighted by atomic mass is 16.4. The fourth-order valence-electron chi connectivity index (χ4n) is 2.25. The topological polar surface area (TPSA) is 52.6 Å². The zero-order valence-corrected chi connectivity index (χ0v) is 10.1. The van der Waals surface area contributed by atoms with Gasteiger partial charge in [0.1, 0.15) is 0 Å². The highest BCUT2D eigenvalue weighted by molar-refractivity contribution is 5.66. The molecule has 88 valence electrons. The van der Waals surface area contributed by atoms with Gasteiger partial charge in [-0.25, -0.2) is 4.79 Å². The number of hydrogen-bond donors (Lipinski definition) is 2. The van der Waals surface area contributed by atoms with E-state index < -0.39 is 6.09 Å². The Hall–Kier alpha value is -0.770. The molecule has 0 aliphatic carbocycles. The molecule has 2 atom stereocenters. The lowest BCUT2D eigenvalue weighted by atomic mass is 9.90. The third kappa shape index (κ3) is 2.84. The summed E-state index contributed by atoms with van der Waals surface area (Å²) in [5, 5.41) is 12.5. The first-order valence-electron chi connectivity index (χ1n) is 5.57. The molecule has 4 nitrogen and oxygen atoms in total. The smallest absolute Gasteiger partial charge is 0.408 e. The van der Waals surface area contributed by atoms with Gasteiger partial charge in [0.2, 0.25) is 0 Å². The van der Waals surface area contributed by atoms with Crippen molar-refractivity contribution in [1.82, 2.24) is 10.2 Å². The summed E-state index contributed by atoms with van der Waals surface area (Å²) < 4.78 is 0. The number of carbonyl (C=O) groups is 1. The van der Waals surface area contributed by atoms with Gasteiger partial charge >= 0.3 is 6.09 Å². The predicted molar refractivity (Wildman–Crippen MR) is 60.1 cm³/mol. The minimum atomic E-state index is -0.817. The molecule has 0 unspecified atom stereocenters. The maximum Gasteiger partial charge on any atom is 0.408 e. The molecular weight excluding hydrogens is 192 g/mol. The lowest BCUT2D eigenvalue weighted by Crippen LogP contribution is -2.58. The first-order chi connectivity index (χ1) is 6.84. The molecule has 2 N–H and O–H groups in total. The molecule has 1 aliphatic rings. The number of nitrogens with zero attached hydrogens (tertiary/aromatic N) is 1. The molecule has 15 heavy (non-hydrogen) atoms. The number of carboxylic acid groups (broad SMARTS) is 1. The largest absolute Gasteiger partial charge is 0.465 e. The maximum atomic E-state index is 11.3. The average Bonchev–Trinajstić information content (AvgIpc) is 2.05. The van der Waals surface area contributed by atoms with E-state index in [1.54, 1.807) is 4.90 Å². The van der Waals surface area contributed by atoms with E-state index in [1.807, 2.05) is 20.8 Å². The molecule has 1 heterocycles. The molecule has 4 heteroatoms. The third-order valence-corrected chi connectivity index (χ3v) is 3.05. The molecule has 0 aromatic carbocycles. The van der Waals surface area contributed by atoms with Gasteiger partial charge in [-0.05, 0) is 39.7 Å². The zero-order chi connectivity index (χ0) is 11.6. The summed E-state index contributed by atoms with van der Waals surface area (Å²) in [4.78, 5) is 12.9. The van der Waals surface area contributed by atoms with Gasteiger partial charge in [0.05, 0.1) is 6.04 Å². The molecule has 0 aromatic heterocycles. The average molecular weight is 214 g/mol. The van der Waals surface area contributed by atoms with Crippen LogP contribution < -0.4 is 5.32 Å². The van der Waals surface area contributed by atoms with Crippen molar-refractivity contribution in [1.29, 1.82) is 0 Å². The van der Waals surface area contributed by atoms with E-state index in [-0.39, 0.29) is 11.6 Å². The lowest BCUT2D eigenvalue weighted by Gasteiger charge is -2.44. The summed E-state index contributed by atoms with van der Waals surface area (Å²) >= 11 is 0. The van der Waals surface area contributed by atoms with E-state index in [4.69, 9.17) is 0 Å². The maximum absolute atomic E-state index is 11.3. The van der Waals surface area contributed by atoms with E-state index >= 15 is 0 Å². The van der Waals surface area contributed by atoms with E-state index in [9.17, 15) is 9.90 Å². The molecule has 1 fully saturated rings. The molecule has 1 saturated heterocycles. The van der Waals surface area contributed by atoms with Crippen molar-refractivity contribution < 1.29 is 9.90 Å². The molecule has 1 aliphatic heterocycles. The van der Waals surface area contributed by atoms with E-state index in [1.165, 1.54) is 0 Å². The first kappa shape index (κ1) is 12.3.